The van der Waals surface area contributed by atoms with Crippen LogP contribution in [0.2, 0.25) is 0 Å². The normalized spacial score (nSPS) is 13.8. The molecule has 128 valence electrons. The van der Waals surface area contributed by atoms with Gasteiger partial charge in [0, 0.05) is 11.1 Å². The van der Waals surface area contributed by atoms with E-state index in [-0.39, 0.29) is 22.4 Å². The monoisotopic (exact) mass is 352 g/mol. The Labute approximate surface area is 139 Å². The highest BCUT2D eigenvalue weighted by molar-refractivity contribution is 7.86. The molecule has 2 N–H and O–H groups in total. The smallest absolute Gasteiger partial charge is 0.341 e. The van der Waals surface area contributed by atoms with Crippen LogP contribution in [0, 0.1) is 0 Å². The molecule has 0 fully saturated rings. The molecule has 7 nitrogen and oxygen atoms in total. The van der Waals surface area contributed by atoms with Crippen LogP contribution in [0.4, 0.5) is 0 Å². The van der Waals surface area contributed by atoms with Crippen molar-refractivity contribution in [1.29, 1.82) is 0 Å². The zero-order chi connectivity index (χ0) is 18.0. The lowest BCUT2D eigenvalue weighted by Crippen LogP contribution is -2.37. The van der Waals surface area contributed by atoms with Crippen molar-refractivity contribution in [3.05, 3.63) is 65.2 Å². The summed E-state index contributed by atoms with van der Waals surface area (Å²) in [7, 11) is -2.67. The van der Waals surface area contributed by atoms with Crippen LogP contribution in [-0.2, 0) is 19.8 Å². The lowest BCUT2D eigenvalue weighted by molar-refractivity contribution is 0.0596. The van der Waals surface area contributed by atoms with Crippen molar-refractivity contribution in [3.63, 3.8) is 0 Å². The molecule has 0 aromatic heterocycles. The first-order chi connectivity index (χ1) is 11.3. The number of carbonyl (C=O) groups is 1. The van der Waals surface area contributed by atoms with Gasteiger partial charge in [0.1, 0.15) is 11.3 Å². The molecule has 2 aromatic rings. The molecule has 0 saturated carbocycles. The van der Waals surface area contributed by atoms with Gasteiger partial charge in [0.05, 0.1) is 14.2 Å². The SMILES string of the molecule is COC(=O)c1cccc(C(O)(c2ccccc2)S(=O)(=O)O)c1OC. The number of hydrogen-bond donors (Lipinski definition) is 2. The Morgan fingerprint density at radius 2 is 1.67 bits per heavy atom. The van der Waals surface area contributed by atoms with Crippen LogP contribution >= 0.6 is 0 Å². The first-order valence-electron chi connectivity index (χ1n) is 6.78. The summed E-state index contributed by atoms with van der Waals surface area (Å²) in [5.41, 5.74) is -0.495. The zero-order valence-electron chi connectivity index (χ0n) is 13.0. The summed E-state index contributed by atoms with van der Waals surface area (Å²) in [6, 6.07) is 11.2. The number of carbonyl (C=O) groups excluding carboxylic acids is 1. The second-order valence-corrected chi connectivity index (χ2v) is 6.40. The van der Waals surface area contributed by atoms with Crippen molar-refractivity contribution in [2.75, 3.05) is 14.2 Å². The first kappa shape index (κ1) is 17.9. The van der Waals surface area contributed by atoms with Crippen LogP contribution in [0.25, 0.3) is 0 Å². The molecule has 0 aliphatic carbocycles. The van der Waals surface area contributed by atoms with Gasteiger partial charge in [0.15, 0.2) is 0 Å². The number of benzene rings is 2. The van der Waals surface area contributed by atoms with E-state index in [9.17, 15) is 22.9 Å². The number of aliphatic hydroxyl groups is 1. The van der Waals surface area contributed by atoms with Crippen LogP contribution in [0.5, 0.6) is 5.75 Å². The molecule has 2 aromatic carbocycles. The second kappa shape index (κ2) is 6.60. The molecule has 1 atom stereocenters. The zero-order valence-corrected chi connectivity index (χ0v) is 13.8. The van der Waals surface area contributed by atoms with E-state index in [0.29, 0.717) is 0 Å². The minimum Gasteiger partial charge on any atom is -0.495 e. The van der Waals surface area contributed by atoms with Crippen LogP contribution in [-0.4, -0.2) is 38.3 Å². The fraction of sp³-hybridized carbons (Fsp3) is 0.188. The summed E-state index contributed by atoms with van der Waals surface area (Å²) in [5.74, 6) is -0.993. The molecule has 0 aliphatic rings. The van der Waals surface area contributed by atoms with Gasteiger partial charge in [0.25, 0.3) is 0 Å². The lowest BCUT2D eigenvalue weighted by Gasteiger charge is -2.28. The average Bonchev–Trinajstić information content (AvgIpc) is 2.59. The maximum absolute atomic E-state index is 12.0. The lowest BCUT2D eigenvalue weighted by atomic mass is 9.97. The van der Waals surface area contributed by atoms with Crippen molar-refractivity contribution < 1.29 is 32.3 Å². The quantitative estimate of drug-likeness (QED) is 0.621. The summed E-state index contributed by atoms with van der Waals surface area (Å²) < 4.78 is 43.5. The van der Waals surface area contributed by atoms with Crippen molar-refractivity contribution in [1.82, 2.24) is 0 Å². The van der Waals surface area contributed by atoms with Gasteiger partial charge < -0.3 is 14.6 Å². The van der Waals surface area contributed by atoms with Crippen molar-refractivity contribution in [3.8, 4) is 5.75 Å². The number of para-hydroxylation sites is 1. The molecule has 0 spiro atoms. The van der Waals surface area contributed by atoms with Crippen molar-refractivity contribution in [2.24, 2.45) is 0 Å². The molecular weight excluding hydrogens is 336 g/mol. The van der Waals surface area contributed by atoms with Gasteiger partial charge in [-0.15, -0.1) is 0 Å². The molecule has 8 heteroatoms. The average molecular weight is 352 g/mol. The van der Waals surface area contributed by atoms with E-state index in [1.807, 2.05) is 0 Å². The molecule has 0 saturated heterocycles. The molecule has 24 heavy (non-hydrogen) atoms. The Morgan fingerprint density at radius 1 is 1.04 bits per heavy atom. The van der Waals surface area contributed by atoms with Crippen LogP contribution in [0.15, 0.2) is 48.5 Å². The predicted octanol–water partition coefficient (Wildman–Crippen LogP) is 1.56. The standard InChI is InChI=1S/C16H16O7S/c1-22-14-12(15(17)23-2)9-6-10-13(14)16(18,24(19,20)21)11-7-4-3-5-8-11/h3-10,18H,1-2H3,(H,19,20,21). The second-order valence-electron chi connectivity index (χ2n) is 4.86. The van der Waals surface area contributed by atoms with Gasteiger partial charge in [-0.05, 0) is 6.07 Å². The Balaban J connectivity index is 2.86. The molecule has 0 bridgehead atoms. The van der Waals surface area contributed by atoms with E-state index < -0.39 is 21.0 Å². The maximum atomic E-state index is 12.0. The third kappa shape index (κ3) is 2.86. The van der Waals surface area contributed by atoms with E-state index in [1.54, 1.807) is 6.07 Å². The van der Waals surface area contributed by atoms with Crippen molar-refractivity contribution in [2.45, 2.75) is 4.93 Å². The number of rotatable bonds is 5. The van der Waals surface area contributed by atoms with Crippen LogP contribution in [0.1, 0.15) is 21.5 Å². The third-order valence-electron chi connectivity index (χ3n) is 3.53. The summed E-state index contributed by atoms with van der Waals surface area (Å²) in [6.45, 7) is 0. The molecule has 0 aliphatic heterocycles. The summed E-state index contributed by atoms with van der Waals surface area (Å²) in [6.07, 6.45) is 0. The largest absolute Gasteiger partial charge is 0.495 e. The van der Waals surface area contributed by atoms with Gasteiger partial charge >= 0.3 is 16.1 Å². The number of methoxy groups -OCH3 is 2. The molecule has 1 unspecified atom stereocenters. The van der Waals surface area contributed by atoms with Gasteiger partial charge in [-0.2, -0.15) is 8.42 Å². The Kier molecular flexibility index (Phi) is 4.93. The Bertz CT molecular complexity index is 846. The maximum Gasteiger partial charge on any atom is 0.341 e. The number of ether oxygens (including phenoxy) is 2. The van der Waals surface area contributed by atoms with Crippen LogP contribution < -0.4 is 4.74 Å². The minimum absolute atomic E-state index is 0.0875. The van der Waals surface area contributed by atoms with E-state index in [4.69, 9.17) is 4.74 Å². The summed E-state index contributed by atoms with van der Waals surface area (Å²) in [4.78, 5) is 9.05. The third-order valence-corrected chi connectivity index (χ3v) is 4.73. The Hall–Kier alpha value is -2.42. The molecular formula is C16H16O7S. The van der Waals surface area contributed by atoms with Crippen molar-refractivity contribution >= 4 is 16.1 Å². The topological polar surface area (TPSA) is 110 Å². The van der Waals surface area contributed by atoms with E-state index >= 15 is 0 Å². The molecule has 0 radical (unpaired) electrons. The molecule has 2 rings (SSSR count). The molecule has 0 heterocycles. The van der Waals surface area contributed by atoms with E-state index in [0.717, 1.165) is 7.11 Å². The van der Waals surface area contributed by atoms with Gasteiger partial charge in [-0.1, -0.05) is 42.5 Å². The number of esters is 1. The van der Waals surface area contributed by atoms with E-state index in [1.165, 1.54) is 49.6 Å². The summed E-state index contributed by atoms with van der Waals surface area (Å²) >= 11 is 0. The highest BCUT2D eigenvalue weighted by atomic mass is 32.2. The van der Waals surface area contributed by atoms with Gasteiger partial charge in [0.2, 0.25) is 4.93 Å². The highest BCUT2D eigenvalue weighted by Crippen LogP contribution is 2.41. The fourth-order valence-corrected chi connectivity index (χ4v) is 3.27. The highest BCUT2D eigenvalue weighted by Gasteiger charge is 2.47. The van der Waals surface area contributed by atoms with Gasteiger partial charge in [-0.3, -0.25) is 4.55 Å². The predicted molar refractivity (Wildman–Crippen MR) is 85.3 cm³/mol. The van der Waals surface area contributed by atoms with Gasteiger partial charge in [-0.25, -0.2) is 4.79 Å². The minimum atomic E-state index is -5.03. The fourth-order valence-electron chi connectivity index (χ4n) is 2.40. The Morgan fingerprint density at radius 3 is 2.17 bits per heavy atom. The number of hydrogen-bond acceptors (Lipinski definition) is 6. The first-order valence-corrected chi connectivity index (χ1v) is 8.22. The van der Waals surface area contributed by atoms with E-state index in [2.05, 4.69) is 4.74 Å². The molecule has 0 amide bonds. The summed E-state index contributed by atoms with van der Waals surface area (Å²) in [5, 5.41) is 10.9. The van der Waals surface area contributed by atoms with Crippen LogP contribution in [0.3, 0.4) is 0 Å².